The molecule has 0 saturated carbocycles. The first-order valence-corrected chi connectivity index (χ1v) is 9.71. The highest BCUT2D eigenvalue weighted by molar-refractivity contribution is 8.14. The Kier molecular flexibility index (Phi) is 5.59. The van der Waals surface area contributed by atoms with Gasteiger partial charge in [0.05, 0.1) is 4.92 Å². The molecule has 0 bridgehead atoms. The molecule has 2 aromatic rings. The van der Waals surface area contributed by atoms with Crippen LogP contribution in [0.5, 0.6) is 0 Å². The van der Waals surface area contributed by atoms with E-state index in [2.05, 4.69) is 10.1 Å². The summed E-state index contributed by atoms with van der Waals surface area (Å²) in [6.45, 7) is 5.35. The fourth-order valence-corrected chi connectivity index (χ4v) is 3.83. The SMILES string of the molecule is CCC(=O)N1N=C(c2cccc([N+](=O)[O-])c2)Sc2c1nc(CC)n2C(=O)CC. The summed E-state index contributed by atoms with van der Waals surface area (Å²) < 4.78 is 1.52. The molecule has 0 N–H and O–H groups in total. The van der Waals surface area contributed by atoms with Crippen LogP contribution < -0.4 is 5.01 Å². The summed E-state index contributed by atoms with van der Waals surface area (Å²) in [5, 5.41) is 17.6. The van der Waals surface area contributed by atoms with Crippen LogP contribution in [0.25, 0.3) is 0 Å². The lowest BCUT2D eigenvalue weighted by Crippen LogP contribution is -2.29. The van der Waals surface area contributed by atoms with Crippen LogP contribution >= 0.6 is 11.8 Å². The van der Waals surface area contributed by atoms with Gasteiger partial charge in [-0.2, -0.15) is 10.1 Å². The van der Waals surface area contributed by atoms with Gasteiger partial charge in [-0.3, -0.25) is 24.3 Å². The van der Waals surface area contributed by atoms with E-state index in [1.807, 2.05) is 6.92 Å². The highest BCUT2D eigenvalue weighted by Crippen LogP contribution is 2.39. The molecule has 2 heterocycles. The molecule has 1 aromatic heterocycles. The summed E-state index contributed by atoms with van der Waals surface area (Å²) in [5.74, 6) is 0.460. The number of carbonyl (C=O) groups is 2. The number of non-ortho nitro benzene ring substituents is 1. The van der Waals surface area contributed by atoms with E-state index < -0.39 is 4.92 Å². The standard InChI is InChI=1S/C18H19N5O4S/c1-4-13-19-16-18(21(13)14(24)5-2)28-17(20-22(16)15(25)6-3)11-8-7-9-12(10-11)23(26)27/h7-10H,4-6H2,1-3H3. The Bertz CT molecular complexity index is 998. The third-order valence-electron chi connectivity index (χ3n) is 4.18. The summed E-state index contributed by atoms with van der Waals surface area (Å²) in [5.41, 5.74) is 0.417. The van der Waals surface area contributed by atoms with Crippen molar-refractivity contribution in [2.45, 2.75) is 45.1 Å². The molecular formula is C18H19N5O4S. The van der Waals surface area contributed by atoms with Crippen molar-refractivity contribution in [2.75, 3.05) is 5.01 Å². The number of thioether (sulfide) groups is 1. The number of amides is 1. The van der Waals surface area contributed by atoms with Crippen LogP contribution in [0.3, 0.4) is 0 Å². The molecule has 1 amide bonds. The quantitative estimate of drug-likeness (QED) is 0.559. The molecule has 1 aliphatic rings. The van der Waals surface area contributed by atoms with Gasteiger partial charge in [-0.05, 0) is 11.8 Å². The summed E-state index contributed by atoms with van der Waals surface area (Å²) in [4.78, 5) is 40.1. The second-order valence-electron chi connectivity index (χ2n) is 5.97. The number of anilines is 1. The average molecular weight is 401 g/mol. The van der Waals surface area contributed by atoms with Gasteiger partial charge in [0.1, 0.15) is 15.9 Å². The first-order chi connectivity index (χ1) is 13.4. The molecule has 0 unspecified atom stereocenters. The summed E-state index contributed by atoms with van der Waals surface area (Å²) in [6.07, 6.45) is 0.993. The maximum atomic E-state index is 12.5. The predicted octanol–water partition coefficient (Wildman–Crippen LogP) is 3.61. The van der Waals surface area contributed by atoms with Gasteiger partial charge in [-0.15, -0.1) is 0 Å². The molecule has 0 atom stereocenters. The minimum atomic E-state index is -0.488. The van der Waals surface area contributed by atoms with Crippen molar-refractivity contribution in [2.24, 2.45) is 5.10 Å². The van der Waals surface area contributed by atoms with Crippen LogP contribution in [-0.2, 0) is 11.2 Å². The molecule has 1 aromatic carbocycles. The van der Waals surface area contributed by atoms with E-state index in [-0.39, 0.29) is 30.3 Å². The zero-order valence-electron chi connectivity index (χ0n) is 15.7. The summed E-state index contributed by atoms with van der Waals surface area (Å²) in [6, 6.07) is 6.03. The van der Waals surface area contributed by atoms with E-state index in [1.54, 1.807) is 26.0 Å². The van der Waals surface area contributed by atoms with Crippen molar-refractivity contribution in [3.63, 3.8) is 0 Å². The molecular weight excluding hydrogens is 382 g/mol. The third kappa shape index (κ3) is 3.42. The van der Waals surface area contributed by atoms with Crippen LogP contribution in [0.4, 0.5) is 11.5 Å². The van der Waals surface area contributed by atoms with E-state index in [1.165, 1.54) is 33.5 Å². The predicted molar refractivity (Wildman–Crippen MR) is 106 cm³/mol. The van der Waals surface area contributed by atoms with E-state index in [9.17, 15) is 19.7 Å². The van der Waals surface area contributed by atoms with Crippen LogP contribution in [0.15, 0.2) is 34.4 Å². The molecule has 0 spiro atoms. The molecule has 3 rings (SSSR count). The number of carbonyl (C=O) groups excluding carboxylic acids is 2. The van der Waals surface area contributed by atoms with E-state index >= 15 is 0 Å². The summed E-state index contributed by atoms with van der Waals surface area (Å²) >= 11 is 1.18. The van der Waals surface area contributed by atoms with E-state index in [0.29, 0.717) is 33.7 Å². The Morgan fingerprint density at radius 2 is 1.89 bits per heavy atom. The number of rotatable bonds is 5. The normalized spacial score (nSPS) is 13.1. The Labute approximate surface area is 165 Å². The number of nitrogens with zero attached hydrogens (tertiary/aromatic N) is 5. The van der Waals surface area contributed by atoms with Gasteiger partial charge >= 0.3 is 0 Å². The maximum absolute atomic E-state index is 12.5. The van der Waals surface area contributed by atoms with Gasteiger partial charge in [0.15, 0.2) is 5.82 Å². The molecule has 10 heteroatoms. The van der Waals surface area contributed by atoms with Gasteiger partial charge in [0, 0.05) is 37.0 Å². The van der Waals surface area contributed by atoms with E-state index in [0.717, 1.165) is 0 Å². The van der Waals surface area contributed by atoms with Crippen LogP contribution in [0, 0.1) is 10.1 Å². The number of hydrogen-bond acceptors (Lipinski definition) is 7. The Morgan fingerprint density at radius 3 is 2.50 bits per heavy atom. The van der Waals surface area contributed by atoms with E-state index in [4.69, 9.17) is 0 Å². The number of benzene rings is 1. The number of aryl methyl sites for hydroxylation is 1. The highest BCUT2D eigenvalue weighted by atomic mass is 32.2. The average Bonchev–Trinajstić information content (AvgIpc) is 3.10. The lowest BCUT2D eigenvalue weighted by molar-refractivity contribution is -0.384. The van der Waals surface area contributed by atoms with Crippen molar-refractivity contribution in [1.29, 1.82) is 0 Å². The fraction of sp³-hybridized carbons (Fsp3) is 0.333. The highest BCUT2D eigenvalue weighted by Gasteiger charge is 2.33. The molecule has 28 heavy (non-hydrogen) atoms. The third-order valence-corrected chi connectivity index (χ3v) is 5.25. The molecule has 0 saturated heterocycles. The second-order valence-corrected chi connectivity index (χ2v) is 6.94. The van der Waals surface area contributed by atoms with Crippen LogP contribution in [0.2, 0.25) is 0 Å². The Hall–Kier alpha value is -3.01. The smallest absolute Gasteiger partial charge is 0.270 e. The van der Waals surface area contributed by atoms with Gasteiger partial charge in [-0.25, -0.2) is 4.98 Å². The van der Waals surface area contributed by atoms with Crippen LogP contribution in [-0.4, -0.2) is 31.3 Å². The topological polar surface area (TPSA) is 111 Å². The number of aromatic nitrogens is 2. The molecule has 0 radical (unpaired) electrons. The molecule has 146 valence electrons. The first-order valence-electron chi connectivity index (χ1n) is 8.90. The van der Waals surface area contributed by atoms with Crippen molar-refractivity contribution < 1.29 is 14.5 Å². The molecule has 9 nitrogen and oxygen atoms in total. The summed E-state index contributed by atoms with van der Waals surface area (Å²) in [7, 11) is 0. The zero-order valence-corrected chi connectivity index (χ0v) is 16.5. The van der Waals surface area contributed by atoms with Gasteiger partial charge in [0.2, 0.25) is 11.8 Å². The Balaban J connectivity index is 2.17. The fourth-order valence-electron chi connectivity index (χ4n) is 2.76. The van der Waals surface area contributed by atoms with Gasteiger partial charge in [-0.1, -0.05) is 32.9 Å². The Morgan fingerprint density at radius 1 is 1.18 bits per heavy atom. The maximum Gasteiger partial charge on any atom is 0.270 e. The second kappa shape index (κ2) is 7.93. The number of imidazole rings is 1. The van der Waals surface area contributed by atoms with Gasteiger partial charge < -0.3 is 0 Å². The number of nitro benzene ring substituents is 1. The van der Waals surface area contributed by atoms with Gasteiger partial charge in [0.25, 0.3) is 5.69 Å². The zero-order chi connectivity index (χ0) is 20.4. The largest absolute Gasteiger partial charge is 0.274 e. The molecule has 0 fully saturated rings. The number of nitro groups is 1. The molecule has 1 aliphatic heterocycles. The van der Waals surface area contributed by atoms with Crippen molar-refractivity contribution in [1.82, 2.24) is 9.55 Å². The van der Waals surface area contributed by atoms with Crippen molar-refractivity contribution in [3.8, 4) is 0 Å². The molecule has 0 aliphatic carbocycles. The lowest BCUT2D eigenvalue weighted by Gasteiger charge is -2.22. The van der Waals surface area contributed by atoms with Crippen LogP contribution in [0.1, 0.15) is 49.8 Å². The van der Waals surface area contributed by atoms with Crippen molar-refractivity contribution in [3.05, 3.63) is 45.8 Å². The minimum absolute atomic E-state index is 0.0765. The lowest BCUT2D eigenvalue weighted by atomic mass is 10.2. The number of hydrazone groups is 1. The monoisotopic (exact) mass is 401 g/mol. The minimum Gasteiger partial charge on any atom is -0.274 e. The first kappa shape index (κ1) is 19.7. The number of fused-ring (bicyclic) bond motifs is 1. The number of hydrogen-bond donors (Lipinski definition) is 0. The van der Waals surface area contributed by atoms with Crippen molar-refractivity contribution >= 4 is 40.1 Å².